The van der Waals surface area contributed by atoms with E-state index in [1.807, 2.05) is 12.1 Å². The van der Waals surface area contributed by atoms with E-state index in [-0.39, 0.29) is 22.5 Å². The molecule has 0 aliphatic rings. The number of esters is 1. The van der Waals surface area contributed by atoms with Gasteiger partial charge < -0.3 is 14.2 Å². The maximum atomic E-state index is 12.7. The van der Waals surface area contributed by atoms with Crippen molar-refractivity contribution in [3.63, 3.8) is 0 Å². The van der Waals surface area contributed by atoms with Crippen LogP contribution in [0.5, 0.6) is 11.5 Å². The molecule has 160 valence electrons. The van der Waals surface area contributed by atoms with Crippen molar-refractivity contribution in [1.29, 1.82) is 0 Å². The average molecular weight is 415 g/mol. The van der Waals surface area contributed by atoms with Gasteiger partial charge in [-0.15, -0.1) is 0 Å². The molecule has 2 aromatic carbocycles. The van der Waals surface area contributed by atoms with Gasteiger partial charge in [0, 0.05) is 11.6 Å². The van der Waals surface area contributed by atoms with Crippen molar-refractivity contribution in [3.8, 4) is 11.5 Å². The van der Waals surface area contributed by atoms with Gasteiger partial charge in [-0.3, -0.25) is 14.9 Å². The highest BCUT2D eigenvalue weighted by molar-refractivity contribution is 6.02. The predicted octanol–water partition coefficient (Wildman–Crippen LogP) is 4.34. The highest BCUT2D eigenvalue weighted by Crippen LogP contribution is 2.35. The van der Waals surface area contributed by atoms with Gasteiger partial charge in [-0.2, -0.15) is 0 Å². The lowest BCUT2D eigenvalue weighted by molar-refractivity contribution is -0.385. The third kappa shape index (κ3) is 4.94. The highest BCUT2D eigenvalue weighted by Gasteiger charge is 2.28. The molecular weight excluding hydrogens is 390 g/mol. The number of nitro benzene ring substituents is 1. The summed E-state index contributed by atoms with van der Waals surface area (Å²) in [6.07, 6.45) is -1.13. The van der Waals surface area contributed by atoms with Crippen LogP contribution in [0.3, 0.4) is 0 Å². The first-order valence-electron chi connectivity index (χ1n) is 9.25. The molecule has 0 aliphatic carbocycles. The van der Waals surface area contributed by atoms with E-state index < -0.39 is 28.5 Å². The number of carbonyl (C=O) groups excluding carboxylic acids is 2. The van der Waals surface area contributed by atoms with Gasteiger partial charge in [-0.05, 0) is 17.9 Å². The van der Waals surface area contributed by atoms with Crippen LogP contribution < -0.4 is 9.47 Å². The van der Waals surface area contributed by atoms with Gasteiger partial charge >= 0.3 is 5.97 Å². The largest absolute Gasteiger partial charge is 0.493 e. The molecule has 0 unspecified atom stereocenters. The lowest BCUT2D eigenvalue weighted by atomic mass is 9.86. The summed E-state index contributed by atoms with van der Waals surface area (Å²) >= 11 is 0. The Hall–Kier alpha value is -3.42. The van der Waals surface area contributed by atoms with Gasteiger partial charge in [0.1, 0.15) is 5.56 Å². The van der Waals surface area contributed by atoms with Crippen LogP contribution in [0, 0.1) is 10.1 Å². The summed E-state index contributed by atoms with van der Waals surface area (Å²) in [7, 11) is 2.66. The summed E-state index contributed by atoms with van der Waals surface area (Å²) < 4.78 is 15.4. The molecule has 2 rings (SSSR count). The van der Waals surface area contributed by atoms with E-state index in [4.69, 9.17) is 14.2 Å². The Morgan fingerprint density at radius 1 is 1.00 bits per heavy atom. The van der Waals surface area contributed by atoms with Crippen LogP contribution in [-0.4, -0.2) is 37.0 Å². The fourth-order valence-corrected chi connectivity index (χ4v) is 2.83. The summed E-state index contributed by atoms with van der Waals surface area (Å²) in [4.78, 5) is 35.9. The van der Waals surface area contributed by atoms with E-state index in [0.29, 0.717) is 5.56 Å². The van der Waals surface area contributed by atoms with Crippen LogP contribution >= 0.6 is 0 Å². The number of rotatable bonds is 7. The SMILES string of the molecule is COc1cc(C(=O)O[C@H](C)C(=O)c2ccc(C(C)(C)C)cc2)c([N+](=O)[O-])cc1OC. The monoisotopic (exact) mass is 415 g/mol. The van der Waals surface area contributed by atoms with Gasteiger partial charge in [0.25, 0.3) is 5.69 Å². The van der Waals surface area contributed by atoms with Crippen molar-refractivity contribution in [2.24, 2.45) is 0 Å². The predicted molar refractivity (Wildman–Crippen MR) is 111 cm³/mol. The number of benzene rings is 2. The van der Waals surface area contributed by atoms with Gasteiger partial charge in [-0.25, -0.2) is 4.79 Å². The molecule has 0 saturated carbocycles. The van der Waals surface area contributed by atoms with E-state index in [2.05, 4.69) is 20.8 Å². The van der Waals surface area contributed by atoms with Crippen molar-refractivity contribution < 1.29 is 28.7 Å². The number of Topliss-reactive ketones (excluding diaryl/α,β-unsaturated/α-hetero) is 1. The second kappa shape index (κ2) is 8.94. The fraction of sp³-hybridized carbons (Fsp3) is 0.364. The van der Waals surface area contributed by atoms with Crippen LogP contribution in [0.25, 0.3) is 0 Å². The smallest absolute Gasteiger partial charge is 0.346 e. The van der Waals surface area contributed by atoms with Crippen LogP contribution in [-0.2, 0) is 10.2 Å². The van der Waals surface area contributed by atoms with E-state index >= 15 is 0 Å². The summed E-state index contributed by atoms with van der Waals surface area (Å²) in [6, 6.07) is 9.28. The second-order valence-electron chi connectivity index (χ2n) is 7.72. The topological polar surface area (TPSA) is 105 Å². The molecule has 2 aromatic rings. The van der Waals surface area contributed by atoms with E-state index in [1.165, 1.54) is 21.1 Å². The number of methoxy groups -OCH3 is 2. The maximum absolute atomic E-state index is 12.7. The van der Waals surface area contributed by atoms with Crippen molar-refractivity contribution in [2.45, 2.75) is 39.2 Å². The van der Waals surface area contributed by atoms with E-state index in [0.717, 1.165) is 17.7 Å². The molecule has 0 heterocycles. The minimum atomic E-state index is -1.13. The van der Waals surface area contributed by atoms with Crippen LogP contribution in [0.2, 0.25) is 0 Å². The molecule has 0 fully saturated rings. The molecule has 0 bridgehead atoms. The molecule has 0 radical (unpaired) electrons. The molecule has 1 atom stereocenters. The van der Waals surface area contributed by atoms with E-state index in [9.17, 15) is 19.7 Å². The Bertz CT molecular complexity index is 959. The number of ether oxygens (including phenoxy) is 3. The number of nitro groups is 1. The first-order chi connectivity index (χ1) is 14.0. The van der Waals surface area contributed by atoms with Crippen molar-refractivity contribution in [3.05, 3.63) is 63.2 Å². The number of nitrogens with zero attached hydrogens (tertiary/aromatic N) is 1. The molecule has 0 spiro atoms. The summed E-state index contributed by atoms with van der Waals surface area (Å²) in [6.45, 7) is 7.60. The standard InChI is InChI=1S/C22H25NO7/c1-13(20(24)14-7-9-15(10-8-14)22(2,3)4)30-21(25)16-11-18(28-5)19(29-6)12-17(16)23(26)27/h7-13H,1-6H3/t13-/m1/s1. The Labute approximate surface area is 174 Å². The van der Waals surface area contributed by atoms with Gasteiger partial charge in [0.15, 0.2) is 17.6 Å². The highest BCUT2D eigenvalue weighted by atomic mass is 16.6. The lowest BCUT2D eigenvalue weighted by Crippen LogP contribution is -2.25. The Morgan fingerprint density at radius 3 is 2.00 bits per heavy atom. The van der Waals surface area contributed by atoms with E-state index in [1.54, 1.807) is 12.1 Å². The van der Waals surface area contributed by atoms with Gasteiger partial charge in [0.05, 0.1) is 25.2 Å². The Balaban J connectivity index is 2.26. The Morgan fingerprint density at radius 2 is 1.53 bits per heavy atom. The van der Waals surface area contributed by atoms with Gasteiger partial charge in [-0.1, -0.05) is 45.0 Å². The quantitative estimate of drug-likeness (QED) is 0.287. The molecule has 0 aliphatic heterocycles. The molecule has 8 heteroatoms. The number of hydrogen-bond donors (Lipinski definition) is 0. The summed E-state index contributed by atoms with van der Waals surface area (Å²) in [5, 5.41) is 11.4. The zero-order chi connectivity index (χ0) is 22.6. The molecule has 0 amide bonds. The third-order valence-corrected chi connectivity index (χ3v) is 4.61. The molecular formula is C22H25NO7. The lowest BCUT2D eigenvalue weighted by Gasteiger charge is -2.19. The minimum absolute atomic E-state index is 0.0635. The molecule has 0 N–H and O–H groups in total. The molecule has 30 heavy (non-hydrogen) atoms. The zero-order valence-electron chi connectivity index (χ0n) is 17.8. The fourth-order valence-electron chi connectivity index (χ4n) is 2.83. The van der Waals surface area contributed by atoms with Crippen molar-refractivity contribution in [1.82, 2.24) is 0 Å². The number of ketones is 1. The molecule has 0 aromatic heterocycles. The van der Waals surface area contributed by atoms with Gasteiger partial charge in [0.2, 0.25) is 5.78 Å². The maximum Gasteiger partial charge on any atom is 0.346 e. The first-order valence-corrected chi connectivity index (χ1v) is 9.25. The van der Waals surface area contributed by atoms with Crippen LogP contribution in [0.4, 0.5) is 5.69 Å². The minimum Gasteiger partial charge on any atom is -0.493 e. The first kappa shape index (κ1) is 22.9. The van der Waals surface area contributed by atoms with Crippen LogP contribution in [0.1, 0.15) is 54.0 Å². The summed E-state index contributed by atoms with van der Waals surface area (Å²) in [5.74, 6) is -1.18. The molecule has 0 saturated heterocycles. The number of carbonyl (C=O) groups is 2. The number of hydrogen-bond acceptors (Lipinski definition) is 7. The third-order valence-electron chi connectivity index (χ3n) is 4.61. The summed E-state index contributed by atoms with van der Waals surface area (Å²) in [5.41, 5.74) is 0.536. The Kier molecular flexibility index (Phi) is 6.81. The zero-order valence-corrected chi connectivity index (χ0v) is 17.8. The normalized spacial score (nSPS) is 12.1. The average Bonchev–Trinajstić information content (AvgIpc) is 2.71. The van der Waals surface area contributed by atoms with Crippen molar-refractivity contribution >= 4 is 17.4 Å². The second-order valence-corrected chi connectivity index (χ2v) is 7.72. The molecule has 8 nitrogen and oxygen atoms in total. The van der Waals surface area contributed by atoms with Crippen LogP contribution in [0.15, 0.2) is 36.4 Å². The van der Waals surface area contributed by atoms with Crippen molar-refractivity contribution in [2.75, 3.05) is 14.2 Å².